The molecule has 0 aromatic heterocycles. The number of aromatic hydroxyl groups is 1. The number of carbonyl (C=O) groups excluding carboxylic acids is 4. The average molecular weight is 670 g/mol. The lowest BCUT2D eigenvalue weighted by atomic mass is 9.49. The fraction of sp³-hybridized carbons (Fsp3) is 0.368. The van der Waals surface area contributed by atoms with Gasteiger partial charge in [0, 0.05) is 16.5 Å². The summed E-state index contributed by atoms with van der Waals surface area (Å²) in [5.41, 5.74) is 4.44. The predicted octanol–water partition coefficient (Wildman–Crippen LogP) is 6.58. The summed E-state index contributed by atoms with van der Waals surface area (Å²) in [7, 11) is 0. The van der Waals surface area contributed by atoms with E-state index in [0.29, 0.717) is 39.4 Å². The molecule has 0 spiro atoms. The van der Waals surface area contributed by atoms with Gasteiger partial charge in [0.2, 0.25) is 11.8 Å². The number of hydrazine groups is 1. The standard InChI is InChI=1S/C38H37ClFN3O5/c1-19-16-21(17-20(2)32(19)44)31-26-14-15-27-30(35(47)42(33(27)45)37(3,4)5)28(26)18-29-34(46)43(41-25-12-10-24(40)11-13-25)36(48)38(29,31)22-6-8-23(39)9-7-22/h6-14,16-17,27-31,41,44H,15,18H2,1-5H3/t27-,28+,29-,30-,31-,38+/m0/s1. The minimum absolute atomic E-state index is 0.131. The smallest absolute Gasteiger partial charge is 0.260 e. The molecule has 0 radical (unpaired) electrons. The molecule has 1 saturated carbocycles. The van der Waals surface area contributed by atoms with Crippen molar-refractivity contribution < 1.29 is 28.7 Å². The Kier molecular flexibility index (Phi) is 7.36. The molecule has 0 unspecified atom stereocenters. The third kappa shape index (κ3) is 4.54. The number of nitrogens with one attached hydrogen (secondary N) is 1. The van der Waals surface area contributed by atoms with E-state index >= 15 is 4.79 Å². The number of fused-ring (bicyclic) bond motifs is 4. The van der Waals surface area contributed by atoms with Crippen molar-refractivity contribution in [3.05, 3.63) is 105 Å². The van der Waals surface area contributed by atoms with Gasteiger partial charge in [-0.2, -0.15) is 5.01 Å². The van der Waals surface area contributed by atoms with Gasteiger partial charge in [-0.1, -0.05) is 47.5 Å². The summed E-state index contributed by atoms with van der Waals surface area (Å²) in [6.45, 7) is 9.08. The number of rotatable bonds is 4. The largest absolute Gasteiger partial charge is 0.507 e. The molecule has 10 heteroatoms. The van der Waals surface area contributed by atoms with Gasteiger partial charge < -0.3 is 5.11 Å². The van der Waals surface area contributed by atoms with Crippen LogP contribution in [0.15, 0.2) is 72.3 Å². The van der Waals surface area contributed by atoms with E-state index in [9.17, 15) is 23.9 Å². The number of hydrogen-bond donors (Lipinski definition) is 2. The molecule has 3 aromatic carbocycles. The lowest BCUT2D eigenvalue weighted by Crippen LogP contribution is -2.53. The van der Waals surface area contributed by atoms with Crippen LogP contribution in [0.25, 0.3) is 0 Å². The second kappa shape index (κ2) is 11.0. The van der Waals surface area contributed by atoms with E-state index in [1.165, 1.54) is 29.2 Å². The second-order valence-electron chi connectivity index (χ2n) is 14.6. The maximum absolute atomic E-state index is 15.2. The van der Waals surface area contributed by atoms with Crippen LogP contribution >= 0.6 is 11.6 Å². The summed E-state index contributed by atoms with van der Waals surface area (Å²) in [5.74, 6) is -5.23. The molecule has 8 nitrogen and oxygen atoms in total. The van der Waals surface area contributed by atoms with Crippen molar-refractivity contribution in [1.29, 1.82) is 0 Å². The summed E-state index contributed by atoms with van der Waals surface area (Å²) in [6.07, 6.45) is 2.49. The van der Waals surface area contributed by atoms with Crippen LogP contribution in [0.3, 0.4) is 0 Å². The third-order valence-corrected chi connectivity index (χ3v) is 11.0. The lowest BCUT2D eigenvalue weighted by Gasteiger charge is -2.50. The van der Waals surface area contributed by atoms with E-state index < -0.39 is 58.2 Å². The zero-order valence-corrected chi connectivity index (χ0v) is 28.1. The van der Waals surface area contributed by atoms with E-state index in [2.05, 4.69) is 5.43 Å². The van der Waals surface area contributed by atoms with E-state index in [-0.39, 0.29) is 24.0 Å². The molecule has 3 fully saturated rings. The number of aryl methyl sites for hydroxylation is 2. The molecule has 4 amide bonds. The number of benzene rings is 3. The molecule has 4 aliphatic rings. The van der Waals surface area contributed by atoms with Gasteiger partial charge in [0.1, 0.15) is 11.6 Å². The Morgan fingerprint density at radius 2 is 1.52 bits per heavy atom. The first kappa shape index (κ1) is 32.1. The first-order chi connectivity index (χ1) is 22.7. The number of phenols is 1. The number of imide groups is 2. The highest BCUT2D eigenvalue weighted by atomic mass is 35.5. The maximum atomic E-state index is 15.2. The predicted molar refractivity (Wildman–Crippen MR) is 178 cm³/mol. The zero-order valence-electron chi connectivity index (χ0n) is 27.4. The Morgan fingerprint density at radius 1 is 0.896 bits per heavy atom. The van der Waals surface area contributed by atoms with Crippen molar-refractivity contribution in [3.8, 4) is 5.75 Å². The van der Waals surface area contributed by atoms with E-state index in [1.807, 2.05) is 39.0 Å². The summed E-state index contributed by atoms with van der Waals surface area (Å²) >= 11 is 6.35. The van der Waals surface area contributed by atoms with Crippen molar-refractivity contribution in [3.63, 3.8) is 0 Å². The number of likely N-dealkylation sites (tertiary alicyclic amines) is 1. The highest BCUT2D eigenvalue weighted by Gasteiger charge is 2.70. The van der Waals surface area contributed by atoms with Crippen LogP contribution in [0.5, 0.6) is 5.75 Å². The van der Waals surface area contributed by atoms with Gasteiger partial charge in [-0.15, -0.1) is 0 Å². The van der Waals surface area contributed by atoms with Crippen LogP contribution in [0.4, 0.5) is 10.1 Å². The molecule has 2 saturated heterocycles. The second-order valence-corrected chi connectivity index (χ2v) is 15.0. The van der Waals surface area contributed by atoms with Gasteiger partial charge in [-0.25, -0.2) is 4.39 Å². The molecular formula is C38H37ClFN3O5. The van der Waals surface area contributed by atoms with Crippen LogP contribution in [0.2, 0.25) is 5.02 Å². The highest BCUT2D eigenvalue weighted by Crippen LogP contribution is 2.64. The molecule has 7 rings (SSSR count). The summed E-state index contributed by atoms with van der Waals surface area (Å²) < 4.78 is 13.8. The maximum Gasteiger partial charge on any atom is 0.260 e. The van der Waals surface area contributed by atoms with Gasteiger partial charge in [-0.05, 0) is 112 Å². The fourth-order valence-electron chi connectivity index (χ4n) is 8.85. The molecule has 2 N–H and O–H groups in total. The Bertz CT molecular complexity index is 1890. The molecular weight excluding hydrogens is 633 g/mol. The lowest BCUT2D eigenvalue weighted by molar-refractivity contribution is -0.146. The van der Waals surface area contributed by atoms with E-state index in [0.717, 1.165) is 10.6 Å². The number of phenolic OH excluding ortho intramolecular Hbond substituents is 1. The number of halogens is 2. The Balaban J connectivity index is 1.48. The minimum atomic E-state index is -1.48. The van der Waals surface area contributed by atoms with E-state index in [4.69, 9.17) is 11.6 Å². The number of nitrogens with zero attached hydrogens (tertiary/aromatic N) is 2. The van der Waals surface area contributed by atoms with Crippen molar-refractivity contribution in [2.45, 2.75) is 64.3 Å². The average Bonchev–Trinajstić information content (AvgIpc) is 3.42. The van der Waals surface area contributed by atoms with Crippen LogP contribution in [-0.4, -0.2) is 44.2 Å². The number of amides is 4. The van der Waals surface area contributed by atoms with Crippen molar-refractivity contribution in [2.24, 2.45) is 23.7 Å². The van der Waals surface area contributed by atoms with Crippen LogP contribution in [0.1, 0.15) is 61.8 Å². The first-order valence-corrected chi connectivity index (χ1v) is 16.6. The topological polar surface area (TPSA) is 107 Å². The third-order valence-electron chi connectivity index (χ3n) is 10.8. The van der Waals surface area contributed by atoms with Crippen molar-refractivity contribution >= 4 is 40.9 Å². The van der Waals surface area contributed by atoms with Crippen molar-refractivity contribution in [2.75, 3.05) is 5.43 Å². The molecule has 0 bridgehead atoms. The monoisotopic (exact) mass is 669 g/mol. The number of carbonyl (C=O) groups is 4. The Hall–Kier alpha value is -4.50. The molecule has 3 aromatic rings. The quantitative estimate of drug-likeness (QED) is 0.240. The van der Waals surface area contributed by atoms with Gasteiger partial charge >= 0.3 is 0 Å². The number of allylic oxidation sites excluding steroid dienone is 2. The highest BCUT2D eigenvalue weighted by molar-refractivity contribution is 6.30. The molecule has 2 heterocycles. The van der Waals surface area contributed by atoms with Crippen LogP contribution < -0.4 is 5.43 Å². The first-order valence-electron chi connectivity index (χ1n) is 16.2. The summed E-state index contributed by atoms with van der Waals surface area (Å²) in [6, 6.07) is 16.0. The Labute approximate surface area is 283 Å². The molecule has 48 heavy (non-hydrogen) atoms. The molecule has 2 aliphatic carbocycles. The zero-order chi connectivity index (χ0) is 34.4. The van der Waals surface area contributed by atoms with Crippen LogP contribution in [0, 0.1) is 43.3 Å². The van der Waals surface area contributed by atoms with Gasteiger partial charge in [0.25, 0.3) is 11.8 Å². The molecule has 2 aliphatic heterocycles. The number of anilines is 1. The van der Waals surface area contributed by atoms with Gasteiger partial charge in [0.05, 0.1) is 28.9 Å². The molecule has 248 valence electrons. The van der Waals surface area contributed by atoms with Gasteiger partial charge in [-0.3, -0.25) is 29.5 Å². The number of hydrogen-bond acceptors (Lipinski definition) is 6. The minimum Gasteiger partial charge on any atom is -0.507 e. The fourth-order valence-corrected chi connectivity index (χ4v) is 8.97. The Morgan fingerprint density at radius 3 is 2.12 bits per heavy atom. The van der Waals surface area contributed by atoms with Crippen molar-refractivity contribution in [1.82, 2.24) is 9.91 Å². The normalized spacial score (nSPS) is 28.3. The summed E-state index contributed by atoms with van der Waals surface area (Å²) in [5, 5.41) is 12.3. The van der Waals surface area contributed by atoms with Gasteiger partial charge in [0.15, 0.2) is 0 Å². The summed E-state index contributed by atoms with van der Waals surface area (Å²) in [4.78, 5) is 59.2. The van der Waals surface area contributed by atoms with Crippen LogP contribution in [-0.2, 0) is 24.6 Å². The van der Waals surface area contributed by atoms with E-state index in [1.54, 1.807) is 38.1 Å². The SMILES string of the molecule is Cc1cc([C@H]2C3=CC[C@@H]4C(=O)N(C(C)(C)C)C(=O)[C@@H]4[C@@H]3C[C@H]3C(=O)N(Nc4ccc(F)cc4)C(=O)[C@@]23c2ccc(Cl)cc2)cc(C)c1O. The molecule has 6 atom stereocenters.